The van der Waals surface area contributed by atoms with Crippen molar-refractivity contribution in [1.29, 1.82) is 0 Å². The summed E-state index contributed by atoms with van der Waals surface area (Å²) in [5.41, 5.74) is 0. The lowest BCUT2D eigenvalue weighted by Crippen LogP contribution is -2.48. The van der Waals surface area contributed by atoms with Crippen LogP contribution in [0.3, 0.4) is 0 Å². The predicted octanol–water partition coefficient (Wildman–Crippen LogP) is 3.31. The molecule has 0 aromatic rings. The highest BCUT2D eigenvalue weighted by atomic mass is 16.5. The number of hydrogen-bond acceptors (Lipinski definition) is 7. The van der Waals surface area contributed by atoms with Crippen LogP contribution in [0.5, 0.6) is 0 Å². The molecule has 10 heteroatoms. The van der Waals surface area contributed by atoms with Crippen molar-refractivity contribution >= 4 is 23.6 Å². The van der Waals surface area contributed by atoms with Crippen molar-refractivity contribution in [3.63, 3.8) is 0 Å². The molecule has 0 aromatic carbocycles. The summed E-state index contributed by atoms with van der Waals surface area (Å²) in [4.78, 5) is 49.0. The number of ether oxygens (including phenoxy) is 2. The number of aliphatic carboxylic acids is 2. The van der Waals surface area contributed by atoms with Gasteiger partial charge in [0, 0.05) is 18.0 Å². The maximum atomic E-state index is 13.2. The van der Waals surface area contributed by atoms with Gasteiger partial charge in [-0.05, 0) is 104 Å². The molecule has 6 unspecified atom stereocenters. The second-order valence-corrected chi connectivity index (χ2v) is 12.6. The highest BCUT2D eigenvalue weighted by Gasteiger charge is 2.43. The molecule has 4 saturated carbocycles. The predicted molar refractivity (Wildman–Crippen MR) is 147 cm³/mol. The van der Waals surface area contributed by atoms with Crippen molar-refractivity contribution in [1.82, 2.24) is 10.6 Å². The number of Topliss-reactive ketones (excluding diaryl/α,β-unsaturated/α-hetero) is 1. The van der Waals surface area contributed by atoms with Crippen LogP contribution in [-0.2, 0) is 28.7 Å². The van der Waals surface area contributed by atoms with Crippen LogP contribution in [0.4, 0.5) is 0 Å². The Labute approximate surface area is 237 Å². The molecule has 0 aliphatic heterocycles. The summed E-state index contributed by atoms with van der Waals surface area (Å²) < 4.78 is 12.6. The highest BCUT2D eigenvalue weighted by molar-refractivity contribution is 5.85. The van der Waals surface area contributed by atoms with E-state index in [0.717, 1.165) is 51.4 Å². The summed E-state index contributed by atoms with van der Waals surface area (Å²) in [6.07, 6.45) is 10.4. The molecular weight excluding hydrogens is 516 g/mol. The van der Waals surface area contributed by atoms with Crippen molar-refractivity contribution in [3.8, 4) is 0 Å². The van der Waals surface area contributed by atoms with Gasteiger partial charge in [0.1, 0.15) is 5.78 Å². The zero-order valence-corrected chi connectivity index (χ0v) is 24.0. The van der Waals surface area contributed by atoms with E-state index in [9.17, 15) is 29.4 Å². The third-order valence-corrected chi connectivity index (χ3v) is 9.97. The molecule has 1 amide bonds. The number of carbonyl (C=O) groups is 4. The molecule has 6 atom stereocenters. The van der Waals surface area contributed by atoms with Gasteiger partial charge in [-0.15, -0.1) is 0 Å². The zero-order chi connectivity index (χ0) is 28.8. The van der Waals surface area contributed by atoms with Crippen LogP contribution in [0.1, 0.15) is 96.8 Å². The van der Waals surface area contributed by atoms with E-state index in [1.165, 1.54) is 6.92 Å². The van der Waals surface area contributed by atoms with Crippen molar-refractivity contribution < 1.29 is 38.9 Å². The molecule has 4 N–H and O–H groups in total. The summed E-state index contributed by atoms with van der Waals surface area (Å²) in [7, 11) is 2.02. The average Bonchev–Trinajstić information content (AvgIpc) is 2.94. The second-order valence-electron chi connectivity index (χ2n) is 12.6. The maximum absolute atomic E-state index is 13.2. The first-order chi connectivity index (χ1) is 19.1. The number of carboxylic acids is 2. The molecule has 0 heterocycles. The Balaban J connectivity index is 1.22. The Hall–Kier alpha value is -2.04. The van der Waals surface area contributed by atoms with Crippen molar-refractivity contribution in [2.75, 3.05) is 7.05 Å². The summed E-state index contributed by atoms with van der Waals surface area (Å²) in [5.74, 6) is -5.00. The smallest absolute Gasteiger partial charge is 0.307 e. The van der Waals surface area contributed by atoms with Crippen LogP contribution >= 0.6 is 0 Å². The third-order valence-electron chi connectivity index (χ3n) is 9.97. The second kappa shape index (κ2) is 14.2. The minimum absolute atomic E-state index is 0.0419. The van der Waals surface area contributed by atoms with Gasteiger partial charge in [-0.25, -0.2) is 0 Å². The van der Waals surface area contributed by atoms with E-state index in [4.69, 9.17) is 9.47 Å². The molecule has 0 bridgehead atoms. The van der Waals surface area contributed by atoms with Crippen LogP contribution in [0.2, 0.25) is 0 Å². The lowest BCUT2D eigenvalue weighted by atomic mass is 9.75. The fourth-order valence-electron chi connectivity index (χ4n) is 7.54. The number of carboxylic acid groups (broad SMARTS) is 2. The van der Waals surface area contributed by atoms with Crippen LogP contribution < -0.4 is 10.6 Å². The van der Waals surface area contributed by atoms with Gasteiger partial charge in [0.15, 0.2) is 0 Å². The molecule has 0 radical (unpaired) electrons. The monoisotopic (exact) mass is 564 g/mol. The maximum Gasteiger partial charge on any atom is 0.307 e. The Bertz CT molecular complexity index is 896. The average molecular weight is 565 g/mol. The fraction of sp³-hybridized carbons (Fsp3) is 0.867. The summed E-state index contributed by atoms with van der Waals surface area (Å²) >= 11 is 0. The van der Waals surface area contributed by atoms with Gasteiger partial charge in [-0.2, -0.15) is 0 Å². The first-order valence-electron chi connectivity index (χ1n) is 15.4. The molecule has 40 heavy (non-hydrogen) atoms. The van der Waals surface area contributed by atoms with Crippen molar-refractivity contribution in [2.45, 2.75) is 133 Å². The number of hydrogen-bond donors (Lipinski definition) is 4. The van der Waals surface area contributed by atoms with E-state index in [1.807, 2.05) is 7.05 Å². The Kier molecular flexibility index (Phi) is 11.0. The van der Waals surface area contributed by atoms with Crippen molar-refractivity contribution in [3.05, 3.63) is 0 Å². The minimum Gasteiger partial charge on any atom is -0.481 e. The van der Waals surface area contributed by atoms with Crippen LogP contribution in [0.25, 0.3) is 0 Å². The Morgan fingerprint density at radius 1 is 0.575 bits per heavy atom. The largest absolute Gasteiger partial charge is 0.481 e. The number of nitrogens with one attached hydrogen (secondary N) is 2. The third kappa shape index (κ3) is 8.03. The molecule has 4 fully saturated rings. The van der Waals surface area contributed by atoms with E-state index in [1.54, 1.807) is 0 Å². The van der Waals surface area contributed by atoms with E-state index in [0.29, 0.717) is 37.8 Å². The van der Waals surface area contributed by atoms with E-state index < -0.39 is 35.6 Å². The first kappa shape index (κ1) is 30.9. The molecule has 0 aromatic heterocycles. The van der Waals surface area contributed by atoms with Gasteiger partial charge in [-0.1, -0.05) is 0 Å². The first-order valence-corrected chi connectivity index (χ1v) is 15.4. The molecular formula is C30H48N2O8. The van der Waals surface area contributed by atoms with Crippen LogP contribution in [0, 0.1) is 23.7 Å². The van der Waals surface area contributed by atoms with Gasteiger partial charge in [-0.3, -0.25) is 19.2 Å². The molecule has 0 spiro atoms. The van der Waals surface area contributed by atoms with E-state index in [2.05, 4.69) is 10.6 Å². The molecule has 226 valence electrons. The van der Waals surface area contributed by atoms with Crippen LogP contribution in [-0.4, -0.2) is 77.4 Å². The lowest BCUT2D eigenvalue weighted by molar-refractivity contribution is -0.158. The molecule has 10 nitrogen and oxygen atoms in total. The lowest BCUT2D eigenvalue weighted by Gasteiger charge is -2.39. The van der Waals surface area contributed by atoms with E-state index in [-0.39, 0.29) is 48.9 Å². The van der Waals surface area contributed by atoms with Gasteiger partial charge >= 0.3 is 11.9 Å². The van der Waals surface area contributed by atoms with Gasteiger partial charge < -0.3 is 30.3 Å². The molecule has 4 rings (SSSR count). The molecule has 4 aliphatic rings. The molecule has 0 saturated heterocycles. The summed E-state index contributed by atoms with van der Waals surface area (Å²) in [5, 5.41) is 26.0. The number of ketones is 1. The number of rotatable bonds is 10. The van der Waals surface area contributed by atoms with Gasteiger partial charge in [0.05, 0.1) is 42.2 Å². The number of carbonyl (C=O) groups excluding carboxylic acids is 2. The standard InChI is InChI=1S/C30H48N2O8/c1-17(33)24-13-11-22(15-26(24)29(35)36)40-23-12-14-25(27(16-23)30(37)38)28(34)32-19-5-9-21(10-6-19)39-20-7-3-18(31-2)4-8-20/h18-27,31H,3-16H2,1-2H3,(H,32,34)(H,35,36)(H,37,38). The van der Waals surface area contributed by atoms with Crippen molar-refractivity contribution in [2.24, 2.45) is 23.7 Å². The topological polar surface area (TPSA) is 151 Å². The highest BCUT2D eigenvalue weighted by Crippen LogP contribution is 2.38. The Morgan fingerprint density at radius 3 is 1.48 bits per heavy atom. The Morgan fingerprint density at radius 2 is 1.00 bits per heavy atom. The minimum atomic E-state index is -0.998. The normalized spacial score (nSPS) is 38.8. The fourth-order valence-corrected chi connectivity index (χ4v) is 7.54. The van der Waals surface area contributed by atoms with E-state index >= 15 is 0 Å². The van der Waals surface area contributed by atoms with Gasteiger partial charge in [0.2, 0.25) is 5.91 Å². The summed E-state index contributed by atoms with van der Waals surface area (Å²) in [6, 6.07) is 0.638. The molecule has 4 aliphatic carbocycles. The van der Waals surface area contributed by atoms with Gasteiger partial charge in [0.25, 0.3) is 0 Å². The number of amides is 1. The SMILES string of the molecule is CNC1CCC(OC2CCC(NC(=O)C3CCC(OC4CCC(C(C)=O)C(C(=O)O)C4)CC3C(=O)O)CC2)CC1. The summed E-state index contributed by atoms with van der Waals surface area (Å²) in [6.45, 7) is 1.43. The van der Waals surface area contributed by atoms with Crippen LogP contribution in [0.15, 0.2) is 0 Å². The quantitative estimate of drug-likeness (QED) is 0.313. The zero-order valence-electron chi connectivity index (χ0n) is 24.0.